The van der Waals surface area contributed by atoms with Crippen LogP contribution in [0.25, 0.3) is 0 Å². The third-order valence-corrected chi connectivity index (χ3v) is 10.6. The van der Waals surface area contributed by atoms with Crippen molar-refractivity contribution < 1.29 is 18.5 Å². The van der Waals surface area contributed by atoms with Gasteiger partial charge in [-0.15, -0.1) is 5.92 Å². The lowest BCUT2D eigenvalue weighted by atomic mass is 9.68. The first-order chi connectivity index (χ1) is 19.3. The molecule has 212 valence electrons. The van der Waals surface area contributed by atoms with Gasteiger partial charge in [0.1, 0.15) is 11.9 Å². The van der Waals surface area contributed by atoms with Crippen LogP contribution in [0.5, 0.6) is 5.75 Å². The van der Waals surface area contributed by atoms with Crippen LogP contribution in [-0.2, 0) is 31.4 Å². The van der Waals surface area contributed by atoms with Crippen LogP contribution in [0.4, 0.5) is 5.69 Å². The number of benzene rings is 2. The van der Waals surface area contributed by atoms with E-state index in [1.807, 2.05) is 25.1 Å². The van der Waals surface area contributed by atoms with Crippen LogP contribution < -0.4 is 9.64 Å². The van der Waals surface area contributed by atoms with Gasteiger partial charge in [-0.2, -0.15) is 10.6 Å². The van der Waals surface area contributed by atoms with Crippen LogP contribution in [0.2, 0.25) is 5.02 Å². The molecule has 6 rings (SSSR count). The summed E-state index contributed by atoms with van der Waals surface area (Å²) in [5.74, 6) is 8.08. The number of halogens is 1. The molecule has 40 heavy (non-hydrogen) atoms. The van der Waals surface area contributed by atoms with E-state index >= 15 is 0 Å². The molecule has 0 unspecified atom stereocenters. The van der Waals surface area contributed by atoms with Gasteiger partial charge in [0.25, 0.3) is 5.91 Å². The zero-order valence-electron chi connectivity index (χ0n) is 23.2. The van der Waals surface area contributed by atoms with Gasteiger partial charge in [-0.25, -0.2) is 0 Å². The highest BCUT2D eigenvalue weighted by molar-refractivity contribution is 7.75. The molecule has 2 aliphatic heterocycles. The maximum Gasteiger partial charge on any atom is 0.254 e. The number of anilines is 1. The van der Waals surface area contributed by atoms with E-state index in [0.717, 1.165) is 61.7 Å². The molecule has 1 fully saturated rings. The molecule has 2 heterocycles. The van der Waals surface area contributed by atoms with E-state index in [-0.39, 0.29) is 17.4 Å². The fraction of sp³-hybridized carbons (Fsp3) is 0.531. The Bertz CT molecular complexity index is 1460. The summed E-state index contributed by atoms with van der Waals surface area (Å²) in [4.78, 5) is 15.5. The molecule has 2 aliphatic carbocycles. The summed E-state index contributed by atoms with van der Waals surface area (Å²) in [7, 11) is 0.132. The molecular formula is C32H36ClN2O4S-. The van der Waals surface area contributed by atoms with Gasteiger partial charge in [-0.05, 0) is 85.4 Å². The van der Waals surface area contributed by atoms with Crippen molar-refractivity contribution in [1.29, 1.82) is 0 Å². The molecule has 2 aromatic rings. The van der Waals surface area contributed by atoms with Gasteiger partial charge in [0, 0.05) is 48.5 Å². The van der Waals surface area contributed by atoms with Crippen molar-refractivity contribution in [3.8, 4) is 17.6 Å². The third kappa shape index (κ3) is 5.38. The van der Waals surface area contributed by atoms with Gasteiger partial charge in [0.15, 0.2) is 0 Å². The van der Waals surface area contributed by atoms with Crippen LogP contribution in [0.1, 0.15) is 60.5 Å². The largest absolute Gasteiger partial charge is 0.490 e. The summed E-state index contributed by atoms with van der Waals surface area (Å²) in [6.07, 6.45) is 5.77. The Labute approximate surface area is 244 Å². The second kappa shape index (κ2) is 11.4. The zero-order chi connectivity index (χ0) is 27.9. The average Bonchev–Trinajstić information content (AvgIpc) is 3.06. The number of carbonyl (C=O) groups excluding carboxylic acids is 1. The predicted octanol–water partition coefficient (Wildman–Crippen LogP) is 6.19. The van der Waals surface area contributed by atoms with Crippen molar-refractivity contribution >= 4 is 33.8 Å². The number of hydrogen-bond donors (Lipinski definition) is 0. The maximum absolute atomic E-state index is 13.1. The third-order valence-electron chi connectivity index (χ3n) is 9.16. The topological polar surface area (TPSA) is 68.2 Å². The highest BCUT2D eigenvalue weighted by Gasteiger charge is 2.44. The van der Waals surface area contributed by atoms with E-state index < -0.39 is 16.5 Å². The molecule has 0 N–H and O–H groups in total. The summed E-state index contributed by atoms with van der Waals surface area (Å²) in [6, 6.07) is 11.8. The fourth-order valence-corrected chi connectivity index (χ4v) is 8.07. The first-order valence-electron chi connectivity index (χ1n) is 14.3. The Hall–Kier alpha value is -2.53. The summed E-state index contributed by atoms with van der Waals surface area (Å²) < 4.78 is 29.2. The monoisotopic (exact) mass is 579 g/mol. The first-order valence-corrected chi connectivity index (χ1v) is 16.0. The maximum atomic E-state index is 13.1. The minimum atomic E-state index is -1.61. The lowest BCUT2D eigenvalue weighted by Gasteiger charge is -2.45. The number of ether oxygens (including phenoxy) is 2. The summed E-state index contributed by atoms with van der Waals surface area (Å²) >= 11 is 6.40. The highest BCUT2D eigenvalue weighted by atomic mass is 35.5. The molecule has 4 aliphatic rings. The molecule has 5 atom stereocenters. The fourth-order valence-electron chi connectivity index (χ4n) is 6.91. The minimum Gasteiger partial charge on any atom is -0.490 e. The van der Waals surface area contributed by atoms with E-state index in [4.69, 9.17) is 21.1 Å². The van der Waals surface area contributed by atoms with Crippen LogP contribution in [0, 0.1) is 29.6 Å². The van der Waals surface area contributed by atoms with Gasteiger partial charge >= 0.3 is 0 Å². The summed E-state index contributed by atoms with van der Waals surface area (Å²) in [6.45, 7) is 4.16. The Morgan fingerprint density at radius 1 is 1.23 bits per heavy atom. The van der Waals surface area contributed by atoms with Crippen molar-refractivity contribution in [2.45, 2.75) is 57.0 Å². The number of carbonyl (C=O) groups is 1. The molecule has 1 amide bonds. The number of amides is 1. The Morgan fingerprint density at radius 2 is 2.10 bits per heavy atom. The van der Waals surface area contributed by atoms with Crippen molar-refractivity contribution in [2.24, 2.45) is 22.1 Å². The van der Waals surface area contributed by atoms with Gasteiger partial charge < -0.3 is 22.9 Å². The molecule has 2 aromatic carbocycles. The number of hydrogen-bond acceptors (Lipinski definition) is 6. The van der Waals surface area contributed by atoms with E-state index in [1.165, 1.54) is 11.1 Å². The summed E-state index contributed by atoms with van der Waals surface area (Å²) in [5.41, 5.74) is 3.75. The van der Waals surface area contributed by atoms with Gasteiger partial charge in [0.2, 0.25) is 0 Å². The molecule has 8 heteroatoms. The molecule has 6 nitrogen and oxygen atoms in total. The Morgan fingerprint density at radius 3 is 2.90 bits per heavy atom. The normalized spacial score (nSPS) is 30.5. The second-order valence-electron chi connectivity index (χ2n) is 12.0. The molecule has 0 saturated heterocycles. The van der Waals surface area contributed by atoms with Crippen molar-refractivity contribution in [3.05, 3.63) is 58.1 Å². The number of fused-ring (bicyclic) bond motifs is 4. The number of nitrogens with zero attached hydrogens (tertiary/aromatic N) is 2. The molecule has 0 radical (unpaired) electrons. The number of rotatable bonds is 1. The first kappa shape index (κ1) is 27.6. The molecular weight excluding hydrogens is 544 g/mol. The Kier molecular flexibility index (Phi) is 7.87. The second-order valence-corrected chi connectivity index (χ2v) is 13.6. The van der Waals surface area contributed by atoms with Crippen LogP contribution >= 0.6 is 11.6 Å². The van der Waals surface area contributed by atoms with Gasteiger partial charge in [-0.3, -0.25) is 4.79 Å². The van der Waals surface area contributed by atoms with E-state index in [0.29, 0.717) is 36.2 Å². The minimum absolute atomic E-state index is 0.0628. The average molecular weight is 580 g/mol. The van der Waals surface area contributed by atoms with Crippen molar-refractivity contribution in [1.82, 2.24) is 0 Å². The molecule has 1 spiro atoms. The number of methoxy groups -OCH3 is 1. The van der Waals surface area contributed by atoms with E-state index in [1.54, 1.807) is 13.2 Å². The molecule has 0 aromatic heterocycles. The quantitative estimate of drug-likeness (QED) is 0.298. The predicted molar refractivity (Wildman–Crippen MR) is 158 cm³/mol. The molecule has 2 bridgehead atoms. The van der Waals surface area contributed by atoms with Crippen LogP contribution in [0.3, 0.4) is 0 Å². The Balaban J connectivity index is 1.43. The highest BCUT2D eigenvalue weighted by Crippen LogP contribution is 2.46. The van der Waals surface area contributed by atoms with Crippen molar-refractivity contribution in [3.63, 3.8) is 0 Å². The number of aryl methyl sites for hydroxylation is 1. The lowest BCUT2D eigenvalue weighted by Crippen LogP contribution is -2.49. The van der Waals surface area contributed by atoms with E-state index in [9.17, 15) is 9.00 Å². The zero-order valence-corrected chi connectivity index (χ0v) is 24.7. The van der Waals surface area contributed by atoms with E-state index in [2.05, 4.69) is 33.2 Å². The van der Waals surface area contributed by atoms with Gasteiger partial charge in [-0.1, -0.05) is 36.3 Å². The van der Waals surface area contributed by atoms with Crippen LogP contribution in [0.15, 0.2) is 40.8 Å². The van der Waals surface area contributed by atoms with Gasteiger partial charge in [0.05, 0.1) is 12.3 Å². The molecule has 1 saturated carbocycles. The summed E-state index contributed by atoms with van der Waals surface area (Å²) in [5, 5.41) is 0.765. The standard InChI is InChI=1S/C32H36ClN2O4S/c1-21-5-3-7-29(38-2)26-11-8-24(26)17-35-19-32(14-4-6-22-15-25(33)10-12-27(22)32)20-39-30-13-9-23(16-28(30)35)31(36)34-40(37)18-21/h9-10,12-13,15-16,21,24,26,29H,4-6,8,11,14,17-20H2,1-2H3/q-1/t21-,24-,26+,29-,32-/m0/s1. The SMILES string of the molecule is CO[C@H]1C#CC[C@H](C)C[S-](=O)=NC(=O)c2ccc3c(c2)N(C[C@@H]2CC[C@H]21)C[C@@]1(CCCc2cc(Cl)ccc21)CO3. The lowest BCUT2D eigenvalue weighted by molar-refractivity contribution is 0.0190. The van der Waals surface area contributed by atoms with Crippen molar-refractivity contribution in [2.75, 3.05) is 37.5 Å². The van der Waals surface area contributed by atoms with Crippen LogP contribution in [-0.4, -0.2) is 44.6 Å². The smallest absolute Gasteiger partial charge is 0.254 e.